The summed E-state index contributed by atoms with van der Waals surface area (Å²) in [4.78, 5) is 30.1. The maximum atomic E-state index is 13.5. The van der Waals surface area contributed by atoms with Gasteiger partial charge in [-0.1, -0.05) is 5.16 Å². The predicted molar refractivity (Wildman–Crippen MR) is 117 cm³/mol. The Balaban J connectivity index is 2.07. The summed E-state index contributed by atoms with van der Waals surface area (Å²) in [6, 6.07) is 4.58. The number of nitrogens with zero attached hydrogens (tertiary/aromatic N) is 1. The minimum Gasteiger partial charge on any atom is -0.507 e. The van der Waals surface area contributed by atoms with Crippen LogP contribution in [0.1, 0.15) is 15.9 Å². The number of carbonyl (C=O) groups is 2. The molecule has 4 rings (SSSR count). The molecule has 2 aromatic carbocycles. The number of amides is 1. The monoisotopic (exact) mass is 537 g/mol. The molecule has 2 atom stereocenters. The molecule has 0 aliphatic heterocycles. The average molecular weight is 537 g/mol. The van der Waals surface area contributed by atoms with Crippen molar-refractivity contribution in [3.05, 3.63) is 44.2 Å². The second kappa shape index (κ2) is 6.92. The van der Waals surface area contributed by atoms with Crippen molar-refractivity contribution >= 4 is 56.5 Å². The third kappa shape index (κ3) is 2.66. The number of phenolic OH excluding ortho intramolecular Hbond substituents is 2. The van der Waals surface area contributed by atoms with Gasteiger partial charge in [0, 0.05) is 8.96 Å². The van der Waals surface area contributed by atoms with Gasteiger partial charge >= 0.3 is 0 Å². The Morgan fingerprint density at radius 2 is 2.03 bits per heavy atom. The second-order valence-corrected chi connectivity index (χ2v) is 8.38. The number of nitrogens with one attached hydrogen (secondary N) is 1. The van der Waals surface area contributed by atoms with Crippen molar-refractivity contribution in [1.82, 2.24) is 0 Å². The van der Waals surface area contributed by atoms with Crippen LogP contribution < -0.4 is 5.73 Å². The van der Waals surface area contributed by atoms with Crippen LogP contribution in [-0.4, -0.2) is 56.3 Å². The van der Waals surface area contributed by atoms with Crippen molar-refractivity contribution in [2.45, 2.75) is 12.0 Å². The molecule has 0 bridgehead atoms. The molecule has 7 N–H and O–H groups in total. The molecule has 0 fully saturated rings. The quantitative estimate of drug-likeness (QED) is 0.246. The van der Waals surface area contributed by atoms with E-state index >= 15 is 0 Å². The number of fused-ring (bicyclic) bond motifs is 3. The highest BCUT2D eigenvalue weighted by atomic mass is 127. The molecule has 0 aromatic heterocycles. The van der Waals surface area contributed by atoms with E-state index in [1.165, 1.54) is 13.2 Å². The van der Waals surface area contributed by atoms with Gasteiger partial charge in [-0.25, -0.2) is 0 Å². The van der Waals surface area contributed by atoms with Gasteiger partial charge in [-0.05, 0) is 52.8 Å². The molecule has 0 heterocycles. The third-order valence-corrected chi connectivity index (χ3v) is 6.60. The number of primary amides is 1. The molecular formula is C20H16IN3O7. The van der Waals surface area contributed by atoms with E-state index < -0.39 is 46.0 Å². The zero-order valence-corrected chi connectivity index (χ0v) is 18.1. The van der Waals surface area contributed by atoms with Gasteiger partial charge < -0.3 is 36.4 Å². The van der Waals surface area contributed by atoms with E-state index in [9.17, 15) is 30.0 Å². The lowest BCUT2D eigenvalue weighted by molar-refractivity contribution is -0.114. The number of hydrogen-bond donors (Lipinski definition) is 6. The Hall–Kier alpha value is -3.19. The Labute approximate surface area is 188 Å². The van der Waals surface area contributed by atoms with Gasteiger partial charge in [-0.3, -0.25) is 9.59 Å². The zero-order valence-electron chi connectivity index (χ0n) is 15.9. The first-order valence-corrected chi connectivity index (χ1v) is 10.0. The predicted octanol–water partition coefficient (Wildman–Crippen LogP) is 1.27. The van der Waals surface area contributed by atoms with Crippen LogP contribution in [-0.2, 0) is 16.1 Å². The van der Waals surface area contributed by atoms with Crippen molar-refractivity contribution in [3.8, 4) is 11.5 Å². The number of oxime groups is 1. The average Bonchev–Trinajstić information content (AvgIpc) is 2.70. The number of carbonyl (C=O) groups excluding carboxylic acids is 2. The molecule has 0 saturated heterocycles. The van der Waals surface area contributed by atoms with E-state index in [0.29, 0.717) is 14.5 Å². The molecule has 1 amide bonds. The largest absolute Gasteiger partial charge is 0.507 e. The van der Waals surface area contributed by atoms with Crippen LogP contribution in [0, 0.1) is 14.9 Å². The fourth-order valence-corrected chi connectivity index (χ4v) is 4.86. The smallest absolute Gasteiger partial charge is 0.254 e. The number of nitrogens with two attached hydrogens (primary N) is 1. The summed E-state index contributed by atoms with van der Waals surface area (Å²) in [5.41, 5.74) is 0.632. The number of aromatic hydroxyl groups is 2. The van der Waals surface area contributed by atoms with E-state index in [4.69, 9.17) is 16.0 Å². The number of aliphatic hydroxyl groups excluding tert-OH is 1. The van der Waals surface area contributed by atoms with Crippen molar-refractivity contribution in [2.24, 2.45) is 16.8 Å². The molecule has 2 aliphatic carbocycles. The Morgan fingerprint density at radius 3 is 2.65 bits per heavy atom. The maximum Gasteiger partial charge on any atom is 0.254 e. The Bertz CT molecular complexity index is 1280. The summed E-state index contributed by atoms with van der Waals surface area (Å²) in [7, 11) is 1.17. The first-order chi connectivity index (χ1) is 14.5. The normalized spacial score (nSPS) is 24.4. The SMILES string of the molecule is CO/N=C1\C(O)=C(C(N)=O)C(=N)[C@@]2(O)C(=O)c3c(cc4c(I)ccc(O)c4c3O)C[C@@H]12. The maximum absolute atomic E-state index is 13.5. The first kappa shape index (κ1) is 21.1. The molecule has 0 radical (unpaired) electrons. The van der Waals surface area contributed by atoms with Gasteiger partial charge in [0.2, 0.25) is 5.78 Å². The van der Waals surface area contributed by atoms with E-state index in [1.807, 2.05) is 22.6 Å². The minimum absolute atomic E-state index is 0.0164. The van der Waals surface area contributed by atoms with Gasteiger partial charge in [-0.2, -0.15) is 0 Å². The molecule has 2 aromatic rings. The van der Waals surface area contributed by atoms with Crippen LogP contribution in [0.2, 0.25) is 0 Å². The third-order valence-electron chi connectivity index (χ3n) is 5.66. The molecule has 2 aliphatic rings. The topological polar surface area (TPSA) is 187 Å². The Morgan fingerprint density at radius 1 is 1.35 bits per heavy atom. The summed E-state index contributed by atoms with van der Waals surface area (Å²) in [5, 5.41) is 55.5. The van der Waals surface area contributed by atoms with Gasteiger partial charge in [0.15, 0.2) is 11.4 Å². The standard InChI is InChI=1S/C20H16IN3O7/c1-31-24-14-8-5-6-4-7-9(21)2-3-10(25)12(7)15(26)11(6)18(28)20(8,30)17(22)13(16(14)27)19(23)29/h2-4,8,22,25-27,30H,5H2,1H3,(H2,23,29)/b22-17?,24-14-/t8-,20+/m0/s1. The molecular weight excluding hydrogens is 521 g/mol. The fraction of sp³-hybridized carbons (Fsp3) is 0.200. The zero-order chi connectivity index (χ0) is 22.8. The highest BCUT2D eigenvalue weighted by Gasteiger charge is 2.60. The number of phenols is 2. The highest BCUT2D eigenvalue weighted by Crippen LogP contribution is 2.48. The van der Waals surface area contributed by atoms with Gasteiger partial charge in [0.25, 0.3) is 5.91 Å². The minimum atomic E-state index is -2.65. The van der Waals surface area contributed by atoms with E-state index in [1.54, 1.807) is 12.1 Å². The summed E-state index contributed by atoms with van der Waals surface area (Å²) in [5.74, 6) is -5.20. The highest BCUT2D eigenvalue weighted by molar-refractivity contribution is 14.1. The number of ketones is 1. The fourth-order valence-electron chi connectivity index (χ4n) is 4.26. The van der Waals surface area contributed by atoms with Crippen LogP contribution in [0.5, 0.6) is 11.5 Å². The lowest BCUT2D eigenvalue weighted by Gasteiger charge is -2.43. The van der Waals surface area contributed by atoms with Crippen LogP contribution in [0.15, 0.2) is 34.7 Å². The second-order valence-electron chi connectivity index (χ2n) is 7.22. The Kier molecular flexibility index (Phi) is 4.70. The van der Waals surface area contributed by atoms with Crippen LogP contribution >= 0.6 is 22.6 Å². The molecule has 0 spiro atoms. The molecule has 31 heavy (non-hydrogen) atoms. The molecule has 10 nitrogen and oxygen atoms in total. The number of aliphatic hydroxyl groups is 2. The van der Waals surface area contributed by atoms with E-state index in [2.05, 4.69) is 5.16 Å². The lowest BCUT2D eigenvalue weighted by Crippen LogP contribution is -2.62. The first-order valence-electron chi connectivity index (χ1n) is 8.92. The number of rotatable bonds is 2. The van der Waals surface area contributed by atoms with Gasteiger partial charge in [0.1, 0.15) is 29.9 Å². The van der Waals surface area contributed by atoms with Crippen molar-refractivity contribution in [2.75, 3.05) is 7.11 Å². The summed E-state index contributed by atoms with van der Waals surface area (Å²) in [6.07, 6.45) is -0.131. The van der Waals surface area contributed by atoms with Gasteiger partial charge in [0.05, 0.1) is 22.6 Å². The van der Waals surface area contributed by atoms with Crippen molar-refractivity contribution < 1.29 is 34.9 Å². The summed E-state index contributed by atoms with van der Waals surface area (Å²) in [6.45, 7) is 0. The molecule has 11 heteroatoms. The van der Waals surface area contributed by atoms with E-state index in [0.717, 1.165) is 0 Å². The van der Waals surface area contributed by atoms with Crippen LogP contribution in [0.4, 0.5) is 0 Å². The number of benzene rings is 2. The van der Waals surface area contributed by atoms with Gasteiger partial charge in [-0.15, -0.1) is 0 Å². The number of Topliss-reactive ketones (excluding diaryl/α,β-unsaturated/α-hetero) is 1. The molecule has 0 saturated carbocycles. The summed E-state index contributed by atoms with van der Waals surface area (Å²) < 4.78 is 0.692. The van der Waals surface area contributed by atoms with E-state index in [-0.39, 0.29) is 28.8 Å². The lowest BCUT2D eigenvalue weighted by atomic mass is 9.62. The van der Waals surface area contributed by atoms with Crippen LogP contribution in [0.3, 0.4) is 0 Å². The number of hydrogen-bond acceptors (Lipinski definition) is 9. The number of allylic oxidation sites excluding steroid dienone is 1. The summed E-state index contributed by atoms with van der Waals surface area (Å²) >= 11 is 2.01. The van der Waals surface area contributed by atoms with Crippen molar-refractivity contribution in [3.63, 3.8) is 0 Å². The van der Waals surface area contributed by atoms with Crippen molar-refractivity contribution in [1.29, 1.82) is 5.41 Å². The number of halogens is 1. The molecule has 160 valence electrons. The molecule has 0 unspecified atom stereocenters. The van der Waals surface area contributed by atoms with Crippen LogP contribution in [0.25, 0.3) is 10.8 Å².